The number of halogens is 3. The van der Waals surface area contributed by atoms with E-state index in [1.54, 1.807) is 6.20 Å². The van der Waals surface area contributed by atoms with Crippen LogP contribution < -0.4 is 21.7 Å². The SMILES string of the molecule is CC1(C(=O)N2CCC[C@@H](CN/C(=C3\NC=CN=C3N)c3ccc(C(=O)Nc4cc(C(F)F)ccn4)cc3F)C2)COC1. The van der Waals surface area contributed by atoms with E-state index in [0.717, 1.165) is 37.2 Å². The zero-order chi connectivity index (χ0) is 29.9. The van der Waals surface area contributed by atoms with Crippen LogP contribution in [0.5, 0.6) is 0 Å². The molecule has 13 heteroatoms. The molecule has 4 heterocycles. The van der Waals surface area contributed by atoms with Gasteiger partial charge in [0.25, 0.3) is 12.3 Å². The van der Waals surface area contributed by atoms with Gasteiger partial charge in [0.1, 0.15) is 23.2 Å². The van der Waals surface area contributed by atoms with E-state index in [-0.39, 0.29) is 40.2 Å². The van der Waals surface area contributed by atoms with Gasteiger partial charge in [0.15, 0.2) is 0 Å². The van der Waals surface area contributed by atoms with Gasteiger partial charge in [0, 0.05) is 54.9 Å². The molecule has 3 aliphatic rings. The van der Waals surface area contributed by atoms with Crippen LogP contribution in [0.15, 0.2) is 59.6 Å². The molecule has 5 rings (SSSR count). The number of pyridine rings is 1. The second-order valence-electron chi connectivity index (χ2n) is 10.8. The van der Waals surface area contributed by atoms with Gasteiger partial charge in [-0.15, -0.1) is 0 Å². The molecular weight excluding hydrogens is 551 g/mol. The Bertz CT molecular complexity index is 1460. The number of carbonyl (C=O) groups excluding carboxylic acids is 2. The molecule has 2 fully saturated rings. The molecule has 0 unspecified atom stereocenters. The predicted molar refractivity (Wildman–Crippen MR) is 151 cm³/mol. The van der Waals surface area contributed by atoms with Crippen molar-refractivity contribution in [3.8, 4) is 0 Å². The summed E-state index contributed by atoms with van der Waals surface area (Å²) in [7, 11) is 0. The van der Waals surface area contributed by atoms with Gasteiger partial charge in [-0.1, -0.05) is 0 Å². The van der Waals surface area contributed by atoms with E-state index in [4.69, 9.17) is 10.5 Å². The van der Waals surface area contributed by atoms with Crippen molar-refractivity contribution < 1.29 is 27.5 Å². The van der Waals surface area contributed by atoms with Crippen molar-refractivity contribution in [1.82, 2.24) is 20.5 Å². The van der Waals surface area contributed by atoms with Gasteiger partial charge in [-0.2, -0.15) is 0 Å². The van der Waals surface area contributed by atoms with Gasteiger partial charge < -0.3 is 31.3 Å². The van der Waals surface area contributed by atoms with Crippen LogP contribution in [0.25, 0.3) is 5.70 Å². The number of amidine groups is 1. The van der Waals surface area contributed by atoms with Crippen molar-refractivity contribution in [2.24, 2.45) is 22.1 Å². The van der Waals surface area contributed by atoms with Crippen LogP contribution >= 0.6 is 0 Å². The predicted octanol–water partition coefficient (Wildman–Crippen LogP) is 3.38. The summed E-state index contributed by atoms with van der Waals surface area (Å²) in [6.45, 7) is 4.43. The highest BCUT2D eigenvalue weighted by Crippen LogP contribution is 2.31. The largest absolute Gasteiger partial charge is 0.382 e. The van der Waals surface area contributed by atoms with E-state index in [9.17, 15) is 18.4 Å². The van der Waals surface area contributed by atoms with Crippen LogP contribution in [-0.2, 0) is 9.53 Å². The zero-order valence-corrected chi connectivity index (χ0v) is 23.0. The lowest BCUT2D eigenvalue weighted by atomic mass is 9.85. The highest BCUT2D eigenvalue weighted by Gasteiger charge is 2.44. The van der Waals surface area contributed by atoms with Crippen molar-refractivity contribution >= 4 is 29.2 Å². The minimum absolute atomic E-state index is 0.0297. The number of amides is 2. The Morgan fingerprint density at radius 1 is 1.26 bits per heavy atom. The number of anilines is 1. The topological polar surface area (TPSA) is 134 Å². The number of aliphatic imine (C=N–C) groups is 1. The van der Waals surface area contributed by atoms with Crippen molar-refractivity contribution in [3.05, 3.63) is 77.1 Å². The minimum Gasteiger partial charge on any atom is -0.382 e. The van der Waals surface area contributed by atoms with Gasteiger partial charge in [-0.3, -0.25) is 9.59 Å². The van der Waals surface area contributed by atoms with Crippen LogP contribution in [0, 0.1) is 17.2 Å². The number of piperidine rings is 1. The van der Waals surface area contributed by atoms with Gasteiger partial charge >= 0.3 is 0 Å². The maximum atomic E-state index is 15.6. The number of rotatable bonds is 8. The van der Waals surface area contributed by atoms with Crippen molar-refractivity contribution in [2.75, 3.05) is 38.2 Å². The van der Waals surface area contributed by atoms with E-state index in [1.807, 2.05) is 11.8 Å². The van der Waals surface area contributed by atoms with E-state index < -0.39 is 23.6 Å². The number of carbonyl (C=O) groups is 2. The second kappa shape index (κ2) is 12.2. The molecule has 5 N–H and O–H groups in total. The molecule has 0 saturated carbocycles. The summed E-state index contributed by atoms with van der Waals surface area (Å²) in [5.74, 6) is -1.17. The first-order valence-electron chi connectivity index (χ1n) is 13.6. The fourth-order valence-corrected chi connectivity index (χ4v) is 5.17. The molecular formula is C29H32F3N7O3. The molecule has 0 radical (unpaired) electrons. The quantitative estimate of drug-likeness (QED) is 0.375. The highest BCUT2D eigenvalue weighted by atomic mass is 19.3. The van der Waals surface area contributed by atoms with Gasteiger partial charge in [-0.25, -0.2) is 23.1 Å². The lowest BCUT2D eigenvalue weighted by molar-refractivity contribution is -0.170. The Hall–Kier alpha value is -4.39. The van der Waals surface area contributed by atoms with Gasteiger partial charge in [0.05, 0.1) is 24.3 Å². The zero-order valence-electron chi connectivity index (χ0n) is 23.0. The Balaban J connectivity index is 1.33. The average Bonchev–Trinajstić information content (AvgIpc) is 2.97. The molecule has 1 aromatic carbocycles. The van der Waals surface area contributed by atoms with Crippen LogP contribution in [0.2, 0.25) is 0 Å². The molecule has 3 aliphatic heterocycles. The number of aromatic nitrogens is 1. The fourth-order valence-electron chi connectivity index (χ4n) is 5.17. The summed E-state index contributed by atoms with van der Waals surface area (Å²) in [6.07, 6.45) is 3.20. The third-order valence-corrected chi connectivity index (χ3v) is 7.53. The molecule has 0 bridgehead atoms. The summed E-state index contributed by atoms with van der Waals surface area (Å²) >= 11 is 0. The number of hydrogen-bond acceptors (Lipinski definition) is 8. The molecule has 0 spiro atoms. The molecule has 0 aliphatic carbocycles. The lowest BCUT2D eigenvalue weighted by Gasteiger charge is -2.43. The average molecular weight is 584 g/mol. The molecule has 2 aromatic rings. The number of nitrogens with one attached hydrogen (secondary N) is 3. The number of hydrogen-bond donors (Lipinski definition) is 4. The van der Waals surface area contributed by atoms with Crippen LogP contribution in [0.3, 0.4) is 0 Å². The number of nitrogens with zero attached hydrogens (tertiary/aromatic N) is 3. The van der Waals surface area contributed by atoms with E-state index in [2.05, 4.69) is 25.9 Å². The Morgan fingerprint density at radius 2 is 2.07 bits per heavy atom. The van der Waals surface area contributed by atoms with Crippen molar-refractivity contribution in [3.63, 3.8) is 0 Å². The van der Waals surface area contributed by atoms with Crippen molar-refractivity contribution in [2.45, 2.75) is 26.2 Å². The maximum absolute atomic E-state index is 15.6. The maximum Gasteiger partial charge on any atom is 0.264 e. The molecule has 10 nitrogen and oxygen atoms in total. The normalized spacial score (nSPS) is 20.7. The highest BCUT2D eigenvalue weighted by molar-refractivity contribution is 6.05. The Labute approximate surface area is 240 Å². The number of likely N-dealkylation sites (tertiary alicyclic amines) is 1. The molecule has 2 amide bonds. The molecule has 1 atom stereocenters. The number of benzene rings is 1. The summed E-state index contributed by atoms with van der Waals surface area (Å²) in [6, 6.07) is 6.11. The summed E-state index contributed by atoms with van der Waals surface area (Å²) in [5.41, 5.74) is 6.18. The fraction of sp³-hybridized carbons (Fsp3) is 0.379. The summed E-state index contributed by atoms with van der Waals surface area (Å²) in [4.78, 5) is 35.7. The number of ether oxygens (including phenoxy) is 1. The first-order chi connectivity index (χ1) is 20.1. The first-order valence-corrected chi connectivity index (χ1v) is 13.6. The first kappa shape index (κ1) is 29.1. The minimum atomic E-state index is -2.73. The van der Waals surface area contributed by atoms with E-state index in [1.165, 1.54) is 18.3 Å². The third-order valence-electron chi connectivity index (χ3n) is 7.53. The molecule has 42 heavy (non-hydrogen) atoms. The summed E-state index contributed by atoms with van der Waals surface area (Å²) < 4.78 is 46.9. The third kappa shape index (κ3) is 6.25. The van der Waals surface area contributed by atoms with Crippen LogP contribution in [-0.4, -0.2) is 60.4 Å². The number of nitrogens with two attached hydrogens (primary N) is 1. The summed E-state index contributed by atoms with van der Waals surface area (Å²) in [5, 5.41) is 8.75. The molecule has 222 valence electrons. The standard InChI is InChI=1S/C29H32F3N7O3/c1-29(15-42-16-29)28(41)39-10-2-3-17(14-39)13-37-23(24-26(33)36-9-8-35-24)20-5-4-19(11-21(20)30)27(40)38-22-12-18(25(31)32)6-7-34-22/h4-9,11-12,17,25,35,37H,2-3,10,13-16H2,1H3,(H2,33,36)(H,34,38,40)/b24-23-/t17-/m0/s1. The Morgan fingerprint density at radius 3 is 2.76 bits per heavy atom. The van der Waals surface area contributed by atoms with E-state index in [0.29, 0.717) is 44.2 Å². The second-order valence-corrected chi connectivity index (χ2v) is 10.8. The number of alkyl halides is 2. The van der Waals surface area contributed by atoms with Crippen LogP contribution in [0.1, 0.15) is 47.7 Å². The lowest BCUT2D eigenvalue weighted by Crippen LogP contribution is -2.55. The van der Waals surface area contributed by atoms with Crippen molar-refractivity contribution in [1.29, 1.82) is 0 Å². The molecule has 2 saturated heterocycles. The van der Waals surface area contributed by atoms with Gasteiger partial charge in [0.2, 0.25) is 5.91 Å². The molecule has 1 aromatic heterocycles. The van der Waals surface area contributed by atoms with E-state index >= 15 is 4.39 Å². The Kier molecular flexibility index (Phi) is 8.48. The van der Waals surface area contributed by atoms with Crippen LogP contribution in [0.4, 0.5) is 19.0 Å². The van der Waals surface area contributed by atoms with Gasteiger partial charge in [-0.05, 0) is 56.0 Å². The monoisotopic (exact) mass is 583 g/mol. The smallest absolute Gasteiger partial charge is 0.264 e.